The molecule has 6 aromatic rings. The summed E-state index contributed by atoms with van der Waals surface area (Å²) in [5.74, 6) is 0.654. The number of para-hydroxylation sites is 2. The first-order valence-corrected chi connectivity index (χ1v) is 17.3. The maximum absolute atomic E-state index is 13.0. The summed E-state index contributed by atoms with van der Waals surface area (Å²) < 4.78 is 82.7. The number of nitrogens with one attached hydrogen (secondary N) is 3. The average molecular weight is 797 g/mol. The summed E-state index contributed by atoms with van der Waals surface area (Å²) in [7, 11) is 0. The molecule has 0 aliphatic rings. The van der Waals surface area contributed by atoms with Crippen molar-refractivity contribution < 1.29 is 35.9 Å². The van der Waals surface area contributed by atoms with Crippen LogP contribution in [0.15, 0.2) is 97.1 Å². The van der Waals surface area contributed by atoms with E-state index in [-0.39, 0.29) is 24.6 Å². The van der Waals surface area contributed by atoms with Crippen LogP contribution in [0.3, 0.4) is 0 Å². The summed E-state index contributed by atoms with van der Waals surface area (Å²) in [6, 6.07) is 23.9. The molecule has 0 aliphatic carbocycles. The van der Waals surface area contributed by atoms with E-state index in [9.17, 15) is 31.1 Å². The lowest BCUT2D eigenvalue weighted by molar-refractivity contribution is -0.138. The first-order chi connectivity index (χ1) is 27.0. The van der Waals surface area contributed by atoms with Crippen molar-refractivity contribution in [3.8, 4) is 22.8 Å². The minimum absolute atomic E-state index is 0.231. The fourth-order valence-electron chi connectivity index (χ4n) is 5.01. The maximum atomic E-state index is 13.0. The van der Waals surface area contributed by atoms with Crippen LogP contribution in [0.1, 0.15) is 31.9 Å². The van der Waals surface area contributed by atoms with Gasteiger partial charge in [0.05, 0.1) is 24.2 Å². The summed E-state index contributed by atoms with van der Waals surface area (Å²) in [6.45, 7) is 6.59. The number of carbonyl (C=O) groups is 1. The Morgan fingerprint density at radius 1 is 0.667 bits per heavy atom. The van der Waals surface area contributed by atoms with Gasteiger partial charge in [-0.3, -0.25) is 0 Å². The molecule has 0 radical (unpaired) electrons. The molecule has 300 valence electrons. The Labute approximate surface area is 322 Å². The van der Waals surface area contributed by atoms with Gasteiger partial charge in [0.1, 0.15) is 5.60 Å². The monoisotopic (exact) mass is 796 g/mol. The number of benzene rings is 4. The highest BCUT2D eigenvalue weighted by Gasteiger charge is 2.31. The van der Waals surface area contributed by atoms with Gasteiger partial charge in [-0.1, -0.05) is 36.4 Å². The summed E-state index contributed by atoms with van der Waals surface area (Å²) in [5.41, 5.74) is 6.28. The van der Waals surface area contributed by atoms with Crippen LogP contribution in [-0.2, 0) is 30.2 Å². The van der Waals surface area contributed by atoms with Crippen molar-refractivity contribution in [3.05, 3.63) is 108 Å². The van der Waals surface area contributed by atoms with Gasteiger partial charge in [-0.25, -0.2) is 4.79 Å². The predicted molar refractivity (Wildman–Crippen MR) is 199 cm³/mol. The molecule has 0 fully saturated rings. The van der Waals surface area contributed by atoms with E-state index >= 15 is 0 Å². The number of hydrogen-bond acceptors (Lipinski definition) is 11. The van der Waals surface area contributed by atoms with Crippen LogP contribution in [0.25, 0.3) is 22.8 Å². The molecule has 4 aromatic carbocycles. The van der Waals surface area contributed by atoms with Gasteiger partial charge in [0, 0.05) is 47.0 Å². The van der Waals surface area contributed by atoms with Crippen molar-refractivity contribution in [2.45, 2.75) is 51.8 Å². The lowest BCUT2D eigenvalue weighted by atomic mass is 10.1. The number of rotatable bonds is 11. The van der Waals surface area contributed by atoms with Crippen LogP contribution >= 0.6 is 0 Å². The van der Waals surface area contributed by atoms with Gasteiger partial charge in [0.25, 0.3) is 0 Å². The summed E-state index contributed by atoms with van der Waals surface area (Å²) in [6.07, 6.45) is -9.38. The molecule has 0 spiro atoms. The number of anilines is 4. The molecule has 6 rings (SSSR count). The fourth-order valence-corrected chi connectivity index (χ4v) is 5.01. The van der Waals surface area contributed by atoms with E-state index in [0.717, 1.165) is 24.3 Å². The van der Waals surface area contributed by atoms with Gasteiger partial charge in [-0.15, -0.1) is 20.4 Å². The Hall–Kier alpha value is -6.57. The molecule has 57 heavy (non-hydrogen) atoms. The van der Waals surface area contributed by atoms with Gasteiger partial charge >= 0.3 is 18.4 Å². The number of nitrogens with two attached hydrogens (primary N) is 1. The highest BCUT2D eigenvalue weighted by Crippen LogP contribution is 2.34. The van der Waals surface area contributed by atoms with Crippen LogP contribution in [0.5, 0.6) is 0 Å². The quantitative estimate of drug-likeness (QED) is 0.0947. The van der Waals surface area contributed by atoms with Crippen LogP contribution in [0.2, 0.25) is 0 Å². The molecule has 2 aromatic heterocycles. The average Bonchev–Trinajstić information content (AvgIpc) is 3.82. The minimum Gasteiger partial charge on any atom is -0.444 e. The van der Waals surface area contributed by atoms with E-state index < -0.39 is 35.2 Å². The normalized spacial score (nSPS) is 11.7. The molecule has 20 heteroatoms. The number of tetrazole rings is 2. The second-order valence-electron chi connectivity index (χ2n) is 13.1. The SMILES string of the molecule is CC(C)(C)OC(=O)NCCn1nnc(-c2ccccc2Nc2cccc(C(F)(F)F)c2)n1.NCCn1nnc(-c2ccccc2Nc2cccc(C(F)(F)F)c2)n1. The molecule has 14 nitrogen and oxygen atoms in total. The number of ether oxygens (including phenoxy) is 1. The Morgan fingerprint density at radius 2 is 1.12 bits per heavy atom. The second kappa shape index (κ2) is 17.9. The lowest BCUT2D eigenvalue weighted by Gasteiger charge is -2.19. The molecule has 2 heterocycles. The first kappa shape index (κ1) is 41.6. The minimum atomic E-state index is -4.44. The molecule has 0 bridgehead atoms. The zero-order chi connectivity index (χ0) is 41.2. The number of halogens is 6. The molecule has 5 N–H and O–H groups in total. The first-order valence-electron chi connectivity index (χ1n) is 17.3. The third-order valence-corrected chi connectivity index (χ3v) is 7.49. The van der Waals surface area contributed by atoms with Gasteiger partial charge in [0.15, 0.2) is 0 Å². The van der Waals surface area contributed by atoms with E-state index in [0.29, 0.717) is 47.1 Å². The van der Waals surface area contributed by atoms with E-state index in [1.54, 1.807) is 81.4 Å². The van der Waals surface area contributed by atoms with Crippen LogP contribution < -0.4 is 21.7 Å². The zero-order valence-corrected chi connectivity index (χ0v) is 30.8. The number of carbonyl (C=O) groups excluding carboxylic acids is 1. The third kappa shape index (κ3) is 12.2. The standard InChI is InChI=1S/C21H23F3N6O2.C16H15F3N6/c1-20(2,3)32-19(31)25-11-12-30-28-18(27-29-30)16-9-4-5-10-17(16)26-15-8-6-7-14(13-15)21(22,23)24;17-16(18,19)11-4-3-5-12(10-11)21-14-7-2-1-6-13(14)15-22-24-25(23-15)9-8-20/h4-10,13,26H,11-12H2,1-3H3,(H,25,31);1-7,10,21H,8-9,20H2. The lowest BCUT2D eigenvalue weighted by Crippen LogP contribution is -2.34. The van der Waals surface area contributed by atoms with Crippen molar-refractivity contribution in [3.63, 3.8) is 0 Å². The van der Waals surface area contributed by atoms with Gasteiger partial charge in [-0.05, 0) is 91.9 Å². The van der Waals surface area contributed by atoms with E-state index in [4.69, 9.17) is 10.5 Å². The number of alkyl halides is 6. The van der Waals surface area contributed by atoms with Crippen molar-refractivity contribution in [2.75, 3.05) is 23.7 Å². The van der Waals surface area contributed by atoms with E-state index in [1.165, 1.54) is 21.7 Å². The predicted octanol–water partition coefficient (Wildman–Crippen LogP) is 7.69. The van der Waals surface area contributed by atoms with Crippen molar-refractivity contribution in [2.24, 2.45) is 5.73 Å². The largest absolute Gasteiger partial charge is 0.444 e. The van der Waals surface area contributed by atoms with Crippen LogP contribution in [0, 0.1) is 0 Å². The van der Waals surface area contributed by atoms with Gasteiger partial charge in [0.2, 0.25) is 11.6 Å². The molecule has 0 unspecified atom stereocenters. The Kier molecular flexibility index (Phi) is 13.1. The molecule has 1 amide bonds. The molecular formula is C37H38F6N12O2. The molecule has 0 atom stereocenters. The Bertz CT molecular complexity index is 2250. The molecule has 0 saturated carbocycles. The topological polar surface area (TPSA) is 176 Å². The van der Waals surface area contributed by atoms with E-state index in [1.807, 2.05) is 0 Å². The number of nitrogens with zero attached hydrogens (tertiary/aromatic N) is 8. The number of amides is 1. The smallest absolute Gasteiger partial charge is 0.416 e. The molecule has 0 saturated heterocycles. The van der Waals surface area contributed by atoms with E-state index in [2.05, 4.69) is 46.8 Å². The summed E-state index contributed by atoms with van der Waals surface area (Å²) >= 11 is 0. The van der Waals surface area contributed by atoms with Crippen LogP contribution in [0.4, 0.5) is 53.9 Å². The third-order valence-electron chi connectivity index (χ3n) is 7.49. The fraction of sp³-hybridized carbons (Fsp3) is 0.270. The van der Waals surface area contributed by atoms with Gasteiger partial charge < -0.3 is 26.4 Å². The molecular weight excluding hydrogens is 758 g/mol. The Balaban J connectivity index is 0.000000224. The Morgan fingerprint density at radius 3 is 1.56 bits per heavy atom. The maximum Gasteiger partial charge on any atom is 0.416 e. The molecule has 0 aliphatic heterocycles. The van der Waals surface area contributed by atoms with Gasteiger partial charge in [-0.2, -0.15) is 35.9 Å². The van der Waals surface area contributed by atoms with Crippen molar-refractivity contribution in [1.29, 1.82) is 0 Å². The highest BCUT2D eigenvalue weighted by atomic mass is 19.4. The van der Waals surface area contributed by atoms with Crippen LogP contribution in [-0.4, -0.2) is 65.2 Å². The summed E-state index contributed by atoms with van der Waals surface area (Å²) in [5, 5.41) is 32.9. The zero-order valence-electron chi connectivity index (χ0n) is 30.8. The number of aromatic nitrogens is 8. The second-order valence-corrected chi connectivity index (χ2v) is 13.1. The summed E-state index contributed by atoms with van der Waals surface area (Å²) in [4.78, 5) is 14.4. The number of alkyl carbamates (subject to hydrolysis) is 1. The highest BCUT2D eigenvalue weighted by molar-refractivity contribution is 5.78. The van der Waals surface area contributed by atoms with Crippen molar-refractivity contribution in [1.82, 2.24) is 45.7 Å². The number of hydrogen-bond donors (Lipinski definition) is 4. The van der Waals surface area contributed by atoms with Crippen molar-refractivity contribution >= 4 is 28.8 Å².